The Morgan fingerprint density at radius 3 is 2.76 bits per heavy atom. The largest absolute Gasteiger partial charge is 0.496 e. The summed E-state index contributed by atoms with van der Waals surface area (Å²) >= 11 is 3.32. The Bertz CT molecular complexity index is 534. The SMILES string of the molecule is COCCNC(=O)C(=O)N/N=C\c1cc(Br)ccc1OC. The van der Waals surface area contributed by atoms with E-state index in [1.165, 1.54) is 20.4 Å². The highest BCUT2D eigenvalue weighted by Gasteiger charge is 2.11. The second-order valence-corrected chi connectivity index (χ2v) is 4.75. The van der Waals surface area contributed by atoms with Crippen molar-refractivity contribution in [2.75, 3.05) is 27.4 Å². The van der Waals surface area contributed by atoms with Crippen LogP contribution in [0.3, 0.4) is 0 Å². The average Bonchev–Trinajstić information content (AvgIpc) is 2.47. The van der Waals surface area contributed by atoms with Gasteiger partial charge < -0.3 is 14.8 Å². The van der Waals surface area contributed by atoms with Crippen LogP contribution in [0, 0.1) is 0 Å². The molecule has 0 spiro atoms. The highest BCUT2D eigenvalue weighted by Crippen LogP contribution is 2.21. The van der Waals surface area contributed by atoms with E-state index < -0.39 is 11.8 Å². The summed E-state index contributed by atoms with van der Waals surface area (Å²) in [6.45, 7) is 0.587. The molecule has 0 fully saturated rings. The lowest BCUT2D eigenvalue weighted by Gasteiger charge is -2.05. The summed E-state index contributed by atoms with van der Waals surface area (Å²) in [4.78, 5) is 22.8. The number of amides is 2. The van der Waals surface area contributed by atoms with Crippen molar-refractivity contribution >= 4 is 34.0 Å². The van der Waals surface area contributed by atoms with Gasteiger partial charge in [-0.25, -0.2) is 5.43 Å². The molecule has 0 aromatic heterocycles. The molecule has 0 aliphatic heterocycles. The lowest BCUT2D eigenvalue weighted by molar-refractivity contribution is -0.139. The summed E-state index contributed by atoms with van der Waals surface area (Å²) in [6, 6.07) is 5.34. The molecule has 0 saturated carbocycles. The van der Waals surface area contributed by atoms with Crippen LogP contribution in [0.5, 0.6) is 5.75 Å². The van der Waals surface area contributed by atoms with E-state index in [0.29, 0.717) is 17.9 Å². The number of rotatable bonds is 6. The molecule has 1 aromatic rings. The van der Waals surface area contributed by atoms with Gasteiger partial charge in [0.15, 0.2) is 0 Å². The molecule has 0 aliphatic rings. The zero-order chi connectivity index (χ0) is 15.7. The second kappa shape index (κ2) is 9.09. The summed E-state index contributed by atoms with van der Waals surface area (Å²) in [6.07, 6.45) is 1.39. The van der Waals surface area contributed by atoms with Gasteiger partial charge in [-0.1, -0.05) is 15.9 Å². The minimum absolute atomic E-state index is 0.256. The predicted octanol–water partition coefficient (Wildman–Crippen LogP) is 0.670. The minimum atomic E-state index is -0.851. The highest BCUT2D eigenvalue weighted by atomic mass is 79.9. The second-order valence-electron chi connectivity index (χ2n) is 3.83. The van der Waals surface area contributed by atoms with E-state index >= 15 is 0 Å². The van der Waals surface area contributed by atoms with Crippen LogP contribution in [0.25, 0.3) is 0 Å². The Kier molecular flexibility index (Phi) is 7.41. The molecular weight excluding hydrogens is 342 g/mol. The Labute approximate surface area is 130 Å². The standard InChI is InChI=1S/C13H16BrN3O4/c1-20-6-5-15-12(18)13(19)17-16-8-9-7-10(14)3-4-11(9)21-2/h3-4,7-8H,5-6H2,1-2H3,(H,15,18)(H,17,19)/b16-8-. The minimum Gasteiger partial charge on any atom is -0.496 e. The Hall–Kier alpha value is -1.93. The van der Waals surface area contributed by atoms with Gasteiger partial charge in [-0.05, 0) is 18.2 Å². The number of hydrazone groups is 1. The van der Waals surface area contributed by atoms with Crippen molar-refractivity contribution < 1.29 is 19.1 Å². The molecule has 0 saturated heterocycles. The number of nitrogens with one attached hydrogen (secondary N) is 2. The summed E-state index contributed by atoms with van der Waals surface area (Å²) in [7, 11) is 3.03. The Balaban J connectivity index is 2.56. The van der Waals surface area contributed by atoms with Crippen LogP contribution in [0.1, 0.15) is 5.56 Å². The van der Waals surface area contributed by atoms with Crippen LogP contribution in [-0.4, -0.2) is 45.4 Å². The van der Waals surface area contributed by atoms with E-state index in [-0.39, 0.29) is 6.54 Å². The molecule has 0 unspecified atom stereocenters. The first-order valence-electron chi connectivity index (χ1n) is 6.02. The molecule has 7 nitrogen and oxygen atoms in total. The molecule has 1 rings (SSSR count). The summed E-state index contributed by atoms with van der Waals surface area (Å²) in [5.74, 6) is -1.03. The van der Waals surface area contributed by atoms with Crippen molar-refractivity contribution in [3.05, 3.63) is 28.2 Å². The van der Waals surface area contributed by atoms with E-state index in [0.717, 1.165) is 4.47 Å². The fourth-order valence-corrected chi connectivity index (χ4v) is 1.74. The van der Waals surface area contributed by atoms with Gasteiger partial charge in [-0.2, -0.15) is 5.10 Å². The normalized spacial score (nSPS) is 10.4. The van der Waals surface area contributed by atoms with Crippen LogP contribution in [0.2, 0.25) is 0 Å². The number of methoxy groups -OCH3 is 2. The van der Waals surface area contributed by atoms with Crippen LogP contribution in [0.4, 0.5) is 0 Å². The van der Waals surface area contributed by atoms with E-state index in [9.17, 15) is 9.59 Å². The molecule has 0 heterocycles. The van der Waals surface area contributed by atoms with Gasteiger partial charge in [0.2, 0.25) is 0 Å². The lowest BCUT2D eigenvalue weighted by Crippen LogP contribution is -2.39. The molecule has 2 N–H and O–H groups in total. The maximum atomic E-state index is 11.4. The van der Waals surface area contributed by atoms with Gasteiger partial charge in [-0.3, -0.25) is 9.59 Å². The number of benzene rings is 1. The molecule has 8 heteroatoms. The van der Waals surface area contributed by atoms with Gasteiger partial charge in [-0.15, -0.1) is 0 Å². The Morgan fingerprint density at radius 2 is 2.10 bits per heavy atom. The molecule has 114 valence electrons. The number of hydrogen-bond donors (Lipinski definition) is 2. The van der Waals surface area contributed by atoms with Gasteiger partial charge in [0.1, 0.15) is 5.75 Å². The predicted molar refractivity (Wildman–Crippen MR) is 81.3 cm³/mol. The summed E-state index contributed by atoms with van der Waals surface area (Å²) in [5.41, 5.74) is 2.79. The highest BCUT2D eigenvalue weighted by molar-refractivity contribution is 9.10. The van der Waals surface area contributed by atoms with E-state index in [4.69, 9.17) is 9.47 Å². The van der Waals surface area contributed by atoms with Crippen LogP contribution in [0.15, 0.2) is 27.8 Å². The smallest absolute Gasteiger partial charge is 0.329 e. The third-order valence-corrected chi connectivity index (χ3v) is 2.85. The number of ether oxygens (including phenoxy) is 2. The molecular formula is C13H16BrN3O4. The molecule has 0 aliphatic carbocycles. The topological polar surface area (TPSA) is 89.0 Å². The number of halogens is 1. The molecule has 21 heavy (non-hydrogen) atoms. The molecule has 1 aromatic carbocycles. The van der Waals surface area contributed by atoms with Crippen molar-refractivity contribution in [2.24, 2.45) is 5.10 Å². The third kappa shape index (κ3) is 5.92. The van der Waals surface area contributed by atoms with Crippen LogP contribution >= 0.6 is 15.9 Å². The summed E-state index contributed by atoms with van der Waals surface area (Å²) < 4.78 is 10.7. The molecule has 0 atom stereocenters. The van der Waals surface area contributed by atoms with Gasteiger partial charge >= 0.3 is 11.8 Å². The summed E-state index contributed by atoms with van der Waals surface area (Å²) in [5, 5.41) is 6.10. The van der Waals surface area contributed by atoms with Gasteiger partial charge in [0.25, 0.3) is 0 Å². The maximum Gasteiger partial charge on any atom is 0.329 e. The number of carbonyl (C=O) groups excluding carboxylic acids is 2. The fourth-order valence-electron chi connectivity index (χ4n) is 1.36. The van der Waals surface area contributed by atoms with Gasteiger partial charge in [0, 0.05) is 23.7 Å². The third-order valence-electron chi connectivity index (χ3n) is 2.36. The Morgan fingerprint density at radius 1 is 1.33 bits per heavy atom. The van der Waals surface area contributed by atoms with Crippen LogP contribution < -0.4 is 15.5 Å². The first-order valence-corrected chi connectivity index (χ1v) is 6.81. The zero-order valence-electron chi connectivity index (χ0n) is 11.7. The van der Waals surface area contributed by atoms with E-state index in [1.54, 1.807) is 12.1 Å². The fraction of sp³-hybridized carbons (Fsp3) is 0.308. The number of nitrogens with zero attached hydrogens (tertiary/aromatic N) is 1. The van der Waals surface area contributed by atoms with Gasteiger partial charge in [0.05, 0.1) is 19.9 Å². The van der Waals surface area contributed by atoms with Crippen molar-refractivity contribution in [3.8, 4) is 5.75 Å². The van der Waals surface area contributed by atoms with Crippen molar-refractivity contribution in [2.45, 2.75) is 0 Å². The monoisotopic (exact) mass is 357 g/mol. The number of hydrogen-bond acceptors (Lipinski definition) is 5. The first-order chi connectivity index (χ1) is 10.1. The lowest BCUT2D eigenvalue weighted by atomic mass is 10.2. The average molecular weight is 358 g/mol. The van der Waals surface area contributed by atoms with Crippen LogP contribution in [-0.2, 0) is 14.3 Å². The van der Waals surface area contributed by atoms with Crippen molar-refractivity contribution in [1.29, 1.82) is 0 Å². The maximum absolute atomic E-state index is 11.4. The van der Waals surface area contributed by atoms with E-state index in [2.05, 4.69) is 31.8 Å². The van der Waals surface area contributed by atoms with Crippen molar-refractivity contribution in [3.63, 3.8) is 0 Å². The quantitative estimate of drug-likeness (QED) is 0.339. The molecule has 0 radical (unpaired) electrons. The number of carbonyl (C=O) groups is 2. The molecule has 2 amide bonds. The first kappa shape index (κ1) is 17.1. The van der Waals surface area contributed by atoms with Crippen molar-refractivity contribution in [1.82, 2.24) is 10.7 Å². The molecule has 0 bridgehead atoms. The van der Waals surface area contributed by atoms with E-state index in [1.807, 2.05) is 6.07 Å². The zero-order valence-corrected chi connectivity index (χ0v) is 13.3.